The van der Waals surface area contributed by atoms with E-state index in [1.807, 2.05) is 0 Å². The molecule has 0 amide bonds. The Labute approximate surface area is 114 Å². The van der Waals surface area contributed by atoms with Crippen molar-refractivity contribution in [1.29, 1.82) is 0 Å². The lowest BCUT2D eigenvalue weighted by Gasteiger charge is -2.18. The fraction of sp³-hybridized carbons (Fsp3) is 0.500. The zero-order valence-electron chi connectivity index (χ0n) is 11.2. The van der Waals surface area contributed by atoms with Crippen molar-refractivity contribution >= 4 is 22.9 Å². The standard InChI is InChI=1S/C14H21FN2S/c1-9(2)4-5-10(3)17-13-7-6-11(15)8-12(13)14(16)18/h6-10,17H,4-5H2,1-3H3,(H2,16,18). The third-order valence-electron chi connectivity index (χ3n) is 2.83. The van der Waals surface area contributed by atoms with E-state index in [4.69, 9.17) is 18.0 Å². The molecular formula is C14H21FN2S. The fourth-order valence-corrected chi connectivity index (χ4v) is 1.94. The molecule has 0 radical (unpaired) electrons. The van der Waals surface area contributed by atoms with E-state index in [2.05, 4.69) is 26.1 Å². The fourth-order valence-electron chi connectivity index (χ4n) is 1.77. The van der Waals surface area contributed by atoms with Crippen LogP contribution in [0.3, 0.4) is 0 Å². The summed E-state index contributed by atoms with van der Waals surface area (Å²) >= 11 is 4.94. The van der Waals surface area contributed by atoms with E-state index in [-0.39, 0.29) is 10.8 Å². The number of rotatable bonds is 6. The van der Waals surface area contributed by atoms with Crippen LogP contribution < -0.4 is 11.1 Å². The largest absolute Gasteiger partial charge is 0.389 e. The minimum Gasteiger partial charge on any atom is -0.389 e. The lowest BCUT2D eigenvalue weighted by Crippen LogP contribution is -2.20. The number of benzene rings is 1. The van der Waals surface area contributed by atoms with Gasteiger partial charge in [-0.25, -0.2) is 4.39 Å². The summed E-state index contributed by atoms with van der Waals surface area (Å²) in [6, 6.07) is 4.79. The first-order chi connectivity index (χ1) is 8.40. The van der Waals surface area contributed by atoms with E-state index >= 15 is 0 Å². The third kappa shape index (κ3) is 4.61. The topological polar surface area (TPSA) is 38.0 Å². The van der Waals surface area contributed by atoms with E-state index in [0.717, 1.165) is 18.5 Å². The lowest BCUT2D eigenvalue weighted by atomic mass is 10.0. The van der Waals surface area contributed by atoms with Crippen LogP contribution in [0.15, 0.2) is 18.2 Å². The summed E-state index contributed by atoms with van der Waals surface area (Å²) in [4.78, 5) is 0.216. The third-order valence-corrected chi connectivity index (χ3v) is 3.05. The summed E-state index contributed by atoms with van der Waals surface area (Å²) in [7, 11) is 0. The number of nitrogens with one attached hydrogen (secondary N) is 1. The molecule has 0 bridgehead atoms. The number of hydrogen-bond donors (Lipinski definition) is 2. The zero-order valence-corrected chi connectivity index (χ0v) is 12.0. The van der Waals surface area contributed by atoms with Gasteiger partial charge in [-0.1, -0.05) is 26.1 Å². The molecule has 0 saturated carbocycles. The molecular weight excluding hydrogens is 247 g/mol. The Bertz CT molecular complexity index is 418. The van der Waals surface area contributed by atoms with E-state index < -0.39 is 0 Å². The van der Waals surface area contributed by atoms with Crippen LogP contribution in [0.5, 0.6) is 0 Å². The van der Waals surface area contributed by atoms with Crippen LogP contribution in [0.4, 0.5) is 10.1 Å². The van der Waals surface area contributed by atoms with Gasteiger partial charge in [0.25, 0.3) is 0 Å². The van der Waals surface area contributed by atoms with Crippen molar-refractivity contribution in [3.8, 4) is 0 Å². The summed E-state index contributed by atoms with van der Waals surface area (Å²) in [6.07, 6.45) is 2.21. The van der Waals surface area contributed by atoms with Gasteiger partial charge >= 0.3 is 0 Å². The summed E-state index contributed by atoms with van der Waals surface area (Å²) in [5.41, 5.74) is 6.98. The van der Waals surface area contributed by atoms with Crippen molar-refractivity contribution in [1.82, 2.24) is 0 Å². The SMILES string of the molecule is CC(C)CCC(C)Nc1ccc(F)cc1C(N)=S. The van der Waals surface area contributed by atoms with Crippen LogP contribution in [0.2, 0.25) is 0 Å². The highest BCUT2D eigenvalue weighted by molar-refractivity contribution is 7.80. The first-order valence-corrected chi connectivity index (χ1v) is 6.67. The average molecular weight is 268 g/mol. The molecule has 0 aliphatic rings. The molecule has 0 spiro atoms. The Hall–Kier alpha value is -1.16. The minimum atomic E-state index is -0.321. The van der Waals surface area contributed by atoms with Gasteiger partial charge in [0.15, 0.2) is 0 Å². The van der Waals surface area contributed by atoms with E-state index in [1.54, 1.807) is 6.07 Å². The Morgan fingerprint density at radius 3 is 2.56 bits per heavy atom. The molecule has 2 nitrogen and oxygen atoms in total. The molecule has 0 aliphatic heterocycles. The molecule has 1 aromatic rings. The van der Waals surface area contributed by atoms with Crippen LogP contribution in [-0.2, 0) is 0 Å². The quantitative estimate of drug-likeness (QED) is 0.773. The Kier molecular flexibility index (Phi) is 5.54. The van der Waals surface area contributed by atoms with Crippen LogP contribution in [0, 0.1) is 11.7 Å². The van der Waals surface area contributed by atoms with Gasteiger partial charge in [0.05, 0.1) is 0 Å². The van der Waals surface area contributed by atoms with Gasteiger partial charge in [-0.05, 0) is 43.9 Å². The second kappa shape index (κ2) is 6.69. The van der Waals surface area contributed by atoms with Crippen molar-refractivity contribution in [2.45, 2.75) is 39.7 Å². The molecule has 0 heterocycles. The molecule has 0 fully saturated rings. The maximum absolute atomic E-state index is 13.2. The van der Waals surface area contributed by atoms with Gasteiger partial charge in [0.1, 0.15) is 10.8 Å². The summed E-state index contributed by atoms with van der Waals surface area (Å²) in [5.74, 6) is 0.357. The normalized spacial score (nSPS) is 12.5. The Morgan fingerprint density at radius 2 is 2.00 bits per heavy atom. The molecule has 3 N–H and O–H groups in total. The van der Waals surface area contributed by atoms with Gasteiger partial charge in [-0.15, -0.1) is 0 Å². The minimum absolute atomic E-state index is 0.216. The van der Waals surface area contributed by atoms with E-state index in [1.165, 1.54) is 12.1 Å². The first kappa shape index (κ1) is 14.9. The summed E-state index contributed by atoms with van der Waals surface area (Å²) < 4.78 is 13.2. The van der Waals surface area contributed by atoms with Gasteiger partial charge in [0, 0.05) is 17.3 Å². The Balaban J connectivity index is 2.74. The molecule has 1 atom stereocenters. The molecule has 0 saturated heterocycles. The maximum atomic E-state index is 13.2. The highest BCUT2D eigenvalue weighted by atomic mass is 32.1. The monoisotopic (exact) mass is 268 g/mol. The van der Waals surface area contributed by atoms with E-state index in [9.17, 15) is 4.39 Å². The molecule has 1 rings (SSSR count). The van der Waals surface area contributed by atoms with Crippen molar-refractivity contribution in [3.05, 3.63) is 29.6 Å². The molecule has 4 heteroatoms. The predicted octanol–water partition coefficient (Wildman–Crippen LogP) is 3.70. The van der Waals surface area contributed by atoms with Gasteiger partial charge in [0.2, 0.25) is 0 Å². The average Bonchev–Trinajstić information content (AvgIpc) is 2.28. The molecule has 0 aliphatic carbocycles. The zero-order chi connectivity index (χ0) is 13.7. The summed E-state index contributed by atoms with van der Waals surface area (Å²) in [5, 5.41) is 3.34. The maximum Gasteiger partial charge on any atom is 0.124 e. The second-order valence-corrected chi connectivity index (χ2v) is 5.51. The number of thiocarbonyl (C=S) groups is 1. The van der Waals surface area contributed by atoms with Crippen molar-refractivity contribution in [3.63, 3.8) is 0 Å². The molecule has 100 valence electrons. The summed E-state index contributed by atoms with van der Waals surface area (Å²) in [6.45, 7) is 6.51. The second-order valence-electron chi connectivity index (χ2n) is 5.07. The molecule has 0 aromatic heterocycles. The van der Waals surface area contributed by atoms with Crippen LogP contribution in [-0.4, -0.2) is 11.0 Å². The predicted molar refractivity (Wildman–Crippen MR) is 79.4 cm³/mol. The number of nitrogens with two attached hydrogens (primary N) is 1. The highest BCUT2D eigenvalue weighted by Crippen LogP contribution is 2.19. The lowest BCUT2D eigenvalue weighted by molar-refractivity contribution is 0.527. The molecule has 18 heavy (non-hydrogen) atoms. The van der Waals surface area contributed by atoms with Crippen LogP contribution >= 0.6 is 12.2 Å². The number of anilines is 1. The number of halogens is 1. The van der Waals surface area contributed by atoms with Crippen LogP contribution in [0.1, 0.15) is 39.2 Å². The van der Waals surface area contributed by atoms with Crippen LogP contribution in [0.25, 0.3) is 0 Å². The van der Waals surface area contributed by atoms with Gasteiger partial charge < -0.3 is 11.1 Å². The first-order valence-electron chi connectivity index (χ1n) is 6.26. The van der Waals surface area contributed by atoms with Gasteiger partial charge in [-0.2, -0.15) is 0 Å². The van der Waals surface area contributed by atoms with Crippen molar-refractivity contribution < 1.29 is 4.39 Å². The molecule has 1 aromatic carbocycles. The highest BCUT2D eigenvalue weighted by Gasteiger charge is 2.10. The smallest absolute Gasteiger partial charge is 0.124 e. The van der Waals surface area contributed by atoms with Crippen molar-refractivity contribution in [2.75, 3.05) is 5.32 Å². The number of hydrogen-bond acceptors (Lipinski definition) is 2. The van der Waals surface area contributed by atoms with E-state index in [0.29, 0.717) is 17.5 Å². The Morgan fingerprint density at radius 1 is 1.33 bits per heavy atom. The van der Waals surface area contributed by atoms with Gasteiger partial charge in [-0.3, -0.25) is 0 Å². The van der Waals surface area contributed by atoms with Crippen molar-refractivity contribution in [2.24, 2.45) is 11.7 Å². The molecule has 1 unspecified atom stereocenters.